The summed E-state index contributed by atoms with van der Waals surface area (Å²) in [6, 6.07) is 14.9. The zero-order chi connectivity index (χ0) is 26.3. The highest BCUT2D eigenvalue weighted by Gasteiger charge is 2.49. The van der Waals surface area contributed by atoms with E-state index in [0.29, 0.717) is 27.7 Å². The number of halogens is 1. The van der Waals surface area contributed by atoms with Crippen LogP contribution in [0.5, 0.6) is 11.5 Å². The molecule has 4 aromatic rings. The summed E-state index contributed by atoms with van der Waals surface area (Å²) >= 11 is 1.28. The van der Waals surface area contributed by atoms with E-state index in [9.17, 15) is 19.1 Å². The molecule has 0 aliphatic carbocycles. The van der Waals surface area contributed by atoms with E-state index in [-0.39, 0.29) is 11.1 Å². The first-order chi connectivity index (χ1) is 17.9. The minimum atomic E-state index is -1.07. The van der Waals surface area contributed by atoms with Gasteiger partial charge in [-0.2, -0.15) is 0 Å². The molecular formula is C28H23FN2O5S. The number of aromatic nitrogens is 1. The molecule has 0 bridgehead atoms. The standard InChI is InChI=1S/C28H23FN2O5S/c1-4-15-8-13-19-21(14-15)37-28(30-19)31-23(18-6-5-7-20(35-2)26(18)36-3)22(25(33)27(31)34)24(32)16-9-11-17(29)12-10-16/h5-14,23,32H,4H2,1-3H3. The summed E-state index contributed by atoms with van der Waals surface area (Å²) in [5.74, 6) is -1.95. The van der Waals surface area contributed by atoms with Gasteiger partial charge in [0.15, 0.2) is 16.6 Å². The fourth-order valence-corrected chi connectivity index (χ4v) is 5.55. The quantitative estimate of drug-likeness (QED) is 0.202. The van der Waals surface area contributed by atoms with E-state index in [2.05, 4.69) is 4.98 Å². The van der Waals surface area contributed by atoms with Crippen LogP contribution in [0.3, 0.4) is 0 Å². The number of para-hydroxylation sites is 1. The smallest absolute Gasteiger partial charge is 0.301 e. The number of nitrogens with zero attached hydrogens (tertiary/aromatic N) is 2. The highest BCUT2D eigenvalue weighted by atomic mass is 32.1. The second-order valence-electron chi connectivity index (χ2n) is 8.41. The van der Waals surface area contributed by atoms with Crippen molar-refractivity contribution in [1.82, 2.24) is 4.98 Å². The van der Waals surface area contributed by atoms with Crippen LogP contribution in [0.4, 0.5) is 9.52 Å². The maximum atomic E-state index is 13.6. The van der Waals surface area contributed by atoms with E-state index in [1.54, 1.807) is 18.2 Å². The molecule has 1 unspecified atom stereocenters. The molecule has 1 amide bonds. The number of methoxy groups -OCH3 is 2. The lowest BCUT2D eigenvalue weighted by Gasteiger charge is -2.25. The highest BCUT2D eigenvalue weighted by Crippen LogP contribution is 2.48. The van der Waals surface area contributed by atoms with Gasteiger partial charge in [-0.3, -0.25) is 14.5 Å². The van der Waals surface area contributed by atoms with Gasteiger partial charge in [-0.25, -0.2) is 9.37 Å². The Labute approximate surface area is 216 Å². The van der Waals surface area contributed by atoms with Crippen molar-refractivity contribution in [3.8, 4) is 11.5 Å². The molecule has 5 rings (SSSR count). The molecule has 188 valence electrons. The number of carbonyl (C=O) groups is 2. The summed E-state index contributed by atoms with van der Waals surface area (Å²) < 4.78 is 25.5. The van der Waals surface area contributed by atoms with Gasteiger partial charge in [0.2, 0.25) is 0 Å². The number of ketones is 1. The Kier molecular flexibility index (Phi) is 6.39. The van der Waals surface area contributed by atoms with Crippen molar-refractivity contribution in [2.45, 2.75) is 19.4 Å². The molecule has 1 aromatic heterocycles. The summed E-state index contributed by atoms with van der Waals surface area (Å²) in [7, 11) is 2.94. The second kappa shape index (κ2) is 9.67. The molecule has 37 heavy (non-hydrogen) atoms. The molecule has 1 fully saturated rings. The van der Waals surface area contributed by atoms with Crippen LogP contribution in [-0.2, 0) is 16.0 Å². The monoisotopic (exact) mass is 518 g/mol. The van der Waals surface area contributed by atoms with Crippen LogP contribution in [0.15, 0.2) is 66.2 Å². The number of Topliss-reactive ketones (excluding diaryl/α,β-unsaturated/α-hetero) is 1. The van der Waals surface area contributed by atoms with E-state index >= 15 is 0 Å². The van der Waals surface area contributed by atoms with Crippen LogP contribution < -0.4 is 14.4 Å². The molecule has 0 spiro atoms. The normalized spacial score (nSPS) is 17.0. The van der Waals surface area contributed by atoms with Crippen molar-refractivity contribution >= 4 is 44.1 Å². The number of rotatable bonds is 6. The fraction of sp³-hybridized carbons (Fsp3) is 0.179. The van der Waals surface area contributed by atoms with Gasteiger partial charge < -0.3 is 14.6 Å². The number of hydrogen-bond donors (Lipinski definition) is 1. The highest BCUT2D eigenvalue weighted by molar-refractivity contribution is 7.22. The number of aliphatic hydroxyl groups is 1. The predicted octanol–water partition coefficient (Wildman–Crippen LogP) is 5.64. The van der Waals surface area contributed by atoms with Crippen molar-refractivity contribution in [1.29, 1.82) is 0 Å². The third-order valence-electron chi connectivity index (χ3n) is 6.35. The van der Waals surface area contributed by atoms with Gasteiger partial charge in [-0.1, -0.05) is 36.5 Å². The molecule has 7 nitrogen and oxygen atoms in total. The first kappa shape index (κ1) is 24.5. The van der Waals surface area contributed by atoms with Crippen LogP contribution in [0.1, 0.15) is 29.7 Å². The van der Waals surface area contributed by atoms with Gasteiger partial charge in [0.1, 0.15) is 17.6 Å². The molecule has 0 saturated carbocycles. The number of benzene rings is 3. The Morgan fingerprint density at radius 1 is 1.08 bits per heavy atom. The number of hydrogen-bond acceptors (Lipinski definition) is 7. The lowest BCUT2D eigenvalue weighted by molar-refractivity contribution is -0.132. The summed E-state index contributed by atoms with van der Waals surface area (Å²) in [5.41, 5.74) is 2.28. The average molecular weight is 519 g/mol. The number of ether oxygens (including phenoxy) is 2. The Balaban J connectivity index is 1.77. The van der Waals surface area contributed by atoms with Crippen LogP contribution in [0, 0.1) is 5.82 Å². The van der Waals surface area contributed by atoms with E-state index in [1.807, 2.05) is 25.1 Å². The molecule has 1 atom stereocenters. The first-order valence-electron chi connectivity index (χ1n) is 11.5. The summed E-state index contributed by atoms with van der Waals surface area (Å²) in [6.45, 7) is 2.05. The van der Waals surface area contributed by atoms with Crippen molar-refractivity contribution in [2.75, 3.05) is 19.1 Å². The number of aliphatic hydroxyl groups excluding tert-OH is 1. The number of fused-ring (bicyclic) bond motifs is 1. The summed E-state index contributed by atoms with van der Waals surface area (Å²) in [6.07, 6.45) is 0.840. The topological polar surface area (TPSA) is 89.0 Å². The van der Waals surface area contributed by atoms with E-state index in [0.717, 1.165) is 16.7 Å². The van der Waals surface area contributed by atoms with Crippen LogP contribution in [0.2, 0.25) is 0 Å². The largest absolute Gasteiger partial charge is 0.507 e. The first-order valence-corrected chi connectivity index (χ1v) is 12.4. The number of aryl methyl sites for hydroxylation is 1. The Bertz CT molecular complexity index is 1560. The molecule has 9 heteroatoms. The molecule has 0 radical (unpaired) electrons. The van der Waals surface area contributed by atoms with Crippen molar-refractivity contribution in [3.05, 3.63) is 88.7 Å². The molecule has 1 aliphatic rings. The molecule has 1 saturated heterocycles. The number of carbonyl (C=O) groups excluding carboxylic acids is 2. The van der Waals surface area contributed by atoms with E-state index in [4.69, 9.17) is 9.47 Å². The predicted molar refractivity (Wildman–Crippen MR) is 140 cm³/mol. The van der Waals surface area contributed by atoms with Crippen molar-refractivity contribution in [3.63, 3.8) is 0 Å². The van der Waals surface area contributed by atoms with Gasteiger partial charge >= 0.3 is 5.91 Å². The van der Waals surface area contributed by atoms with E-state index in [1.165, 1.54) is 54.7 Å². The molecule has 1 aliphatic heterocycles. The second-order valence-corrected chi connectivity index (χ2v) is 9.42. The lowest BCUT2D eigenvalue weighted by Crippen LogP contribution is -2.29. The van der Waals surface area contributed by atoms with Crippen molar-refractivity contribution < 1.29 is 28.6 Å². The lowest BCUT2D eigenvalue weighted by atomic mass is 9.94. The maximum Gasteiger partial charge on any atom is 0.301 e. The minimum absolute atomic E-state index is 0.156. The number of amides is 1. The molecule has 3 aromatic carbocycles. The maximum absolute atomic E-state index is 13.6. The molecule has 1 N–H and O–H groups in total. The van der Waals surface area contributed by atoms with Crippen molar-refractivity contribution in [2.24, 2.45) is 0 Å². The summed E-state index contributed by atoms with van der Waals surface area (Å²) in [5, 5.41) is 11.6. The minimum Gasteiger partial charge on any atom is -0.507 e. The third kappa shape index (κ3) is 4.11. The number of thiazole rings is 1. The van der Waals surface area contributed by atoms with Crippen LogP contribution in [0.25, 0.3) is 16.0 Å². The average Bonchev–Trinajstić information content (AvgIpc) is 3.45. The Hall–Kier alpha value is -4.24. The molecule has 2 heterocycles. The van der Waals surface area contributed by atoms with Gasteiger partial charge in [0.25, 0.3) is 5.78 Å². The van der Waals surface area contributed by atoms with Gasteiger partial charge in [-0.05, 0) is 54.4 Å². The Morgan fingerprint density at radius 3 is 2.51 bits per heavy atom. The SMILES string of the molecule is CCc1ccc2nc(N3C(=O)C(=O)C(=C(O)c4ccc(F)cc4)C3c3cccc(OC)c3OC)sc2c1. The molecular weight excluding hydrogens is 495 g/mol. The van der Waals surface area contributed by atoms with E-state index < -0.39 is 29.3 Å². The van der Waals surface area contributed by atoms with Crippen LogP contribution >= 0.6 is 11.3 Å². The van der Waals surface area contributed by atoms with Gasteiger partial charge in [0.05, 0.1) is 30.0 Å². The number of anilines is 1. The summed E-state index contributed by atoms with van der Waals surface area (Å²) in [4.78, 5) is 32.9. The van der Waals surface area contributed by atoms with Gasteiger partial charge in [0, 0.05) is 11.1 Å². The van der Waals surface area contributed by atoms with Gasteiger partial charge in [-0.15, -0.1) is 0 Å². The fourth-order valence-electron chi connectivity index (χ4n) is 4.49. The zero-order valence-corrected chi connectivity index (χ0v) is 21.1. The third-order valence-corrected chi connectivity index (χ3v) is 7.36. The zero-order valence-electron chi connectivity index (χ0n) is 20.3. The Morgan fingerprint density at radius 2 is 1.84 bits per heavy atom. The van der Waals surface area contributed by atoms with Crippen LogP contribution in [-0.4, -0.2) is 36.0 Å².